The zero-order valence-electron chi connectivity index (χ0n) is 16.6. The fourth-order valence-electron chi connectivity index (χ4n) is 4.80. The summed E-state index contributed by atoms with van der Waals surface area (Å²) in [7, 11) is 1.92. The maximum absolute atomic E-state index is 6.21. The molecule has 148 valence electrons. The number of aliphatic imine (C=N–C) groups is 1. The Morgan fingerprint density at radius 2 is 2.04 bits per heavy atom. The summed E-state index contributed by atoms with van der Waals surface area (Å²) in [5.74, 6) is 1.86. The monoisotopic (exact) mass is 388 g/mol. The third-order valence-corrected chi connectivity index (χ3v) is 6.87. The quantitative estimate of drug-likeness (QED) is 0.615. The average molecular weight is 389 g/mol. The minimum atomic E-state index is 0.244. The zero-order chi connectivity index (χ0) is 18.7. The van der Waals surface area contributed by atoms with Gasteiger partial charge < -0.3 is 15.1 Å². The van der Waals surface area contributed by atoms with Crippen molar-refractivity contribution in [2.45, 2.75) is 43.9 Å². The predicted octanol–water partition coefficient (Wildman–Crippen LogP) is 3.75. The molecule has 0 amide bonds. The molecule has 0 spiro atoms. The normalized spacial score (nSPS) is 25.6. The van der Waals surface area contributed by atoms with E-state index in [1.165, 1.54) is 63.7 Å². The van der Waals surface area contributed by atoms with Crippen molar-refractivity contribution in [3.8, 4) is 0 Å². The van der Waals surface area contributed by atoms with Crippen molar-refractivity contribution in [1.29, 1.82) is 0 Å². The van der Waals surface area contributed by atoms with Crippen LogP contribution in [0, 0.1) is 5.92 Å². The topological polar surface area (TPSA) is 30.9 Å². The molecule has 1 aromatic rings. The van der Waals surface area contributed by atoms with Crippen molar-refractivity contribution >= 4 is 17.6 Å². The summed E-state index contributed by atoms with van der Waals surface area (Å²) in [5, 5.41) is 4.51. The van der Waals surface area contributed by atoms with Crippen molar-refractivity contribution in [2.75, 3.05) is 46.3 Å². The minimum absolute atomic E-state index is 0.244. The van der Waals surface area contributed by atoms with Gasteiger partial charge in [-0.3, -0.25) is 4.99 Å². The first kappa shape index (κ1) is 19.1. The van der Waals surface area contributed by atoms with Gasteiger partial charge in [0.05, 0.1) is 0 Å². The van der Waals surface area contributed by atoms with Gasteiger partial charge in [0.2, 0.25) is 0 Å². The summed E-state index contributed by atoms with van der Waals surface area (Å²) in [6.07, 6.45) is 7.93. The summed E-state index contributed by atoms with van der Waals surface area (Å²) < 4.78 is 0. The largest absolute Gasteiger partial charge is 0.355 e. The highest BCUT2D eigenvalue weighted by Crippen LogP contribution is 2.48. The van der Waals surface area contributed by atoms with Crippen molar-refractivity contribution < 1.29 is 0 Å². The second-order valence-corrected chi connectivity index (χ2v) is 9.09. The van der Waals surface area contributed by atoms with E-state index in [0.29, 0.717) is 0 Å². The highest BCUT2D eigenvalue weighted by molar-refractivity contribution is 6.30. The summed E-state index contributed by atoms with van der Waals surface area (Å²) in [5.41, 5.74) is 1.61. The predicted molar refractivity (Wildman–Crippen MR) is 114 cm³/mol. The van der Waals surface area contributed by atoms with Crippen molar-refractivity contribution in [2.24, 2.45) is 10.9 Å². The Bertz CT molecular complexity index is 664. The number of hydrogen-bond acceptors (Lipinski definition) is 2. The van der Waals surface area contributed by atoms with E-state index >= 15 is 0 Å². The molecule has 3 aliphatic rings. The van der Waals surface area contributed by atoms with E-state index in [2.05, 4.69) is 38.3 Å². The Balaban J connectivity index is 1.30. The molecular weight excluding hydrogens is 356 g/mol. The molecule has 3 fully saturated rings. The van der Waals surface area contributed by atoms with E-state index in [1.807, 2.05) is 13.1 Å². The number of nitrogens with zero attached hydrogens (tertiary/aromatic N) is 3. The van der Waals surface area contributed by atoms with Gasteiger partial charge in [-0.05, 0) is 68.8 Å². The van der Waals surface area contributed by atoms with E-state index in [1.54, 1.807) is 0 Å². The van der Waals surface area contributed by atoms with Crippen molar-refractivity contribution in [1.82, 2.24) is 15.1 Å². The minimum Gasteiger partial charge on any atom is -0.355 e. The molecule has 5 heteroatoms. The molecule has 2 saturated heterocycles. The molecule has 4 rings (SSSR count). The smallest absolute Gasteiger partial charge is 0.193 e. The molecule has 1 aromatic carbocycles. The molecule has 1 aliphatic carbocycles. The molecule has 4 nitrogen and oxygen atoms in total. The molecule has 1 atom stereocenters. The fourth-order valence-corrected chi connectivity index (χ4v) is 4.99. The van der Waals surface area contributed by atoms with Crippen LogP contribution in [0.3, 0.4) is 0 Å². The highest BCUT2D eigenvalue weighted by atomic mass is 35.5. The van der Waals surface area contributed by atoms with Crippen molar-refractivity contribution in [3.63, 3.8) is 0 Å². The van der Waals surface area contributed by atoms with Crippen LogP contribution in [0.1, 0.15) is 44.1 Å². The number of nitrogens with one attached hydrogen (secondary N) is 1. The average Bonchev–Trinajstić information content (AvgIpc) is 3.35. The number of hydrogen-bond donors (Lipinski definition) is 1. The lowest BCUT2D eigenvalue weighted by Crippen LogP contribution is -2.43. The van der Waals surface area contributed by atoms with Crippen LogP contribution in [-0.2, 0) is 5.41 Å². The second kappa shape index (κ2) is 8.40. The standard InChI is InChI=1S/C22H33ClN4/c1-24-21(25-17-22(9-10-22)19-6-5-7-20(23)14-19)27-13-8-18(16-27)15-26-11-3-2-4-12-26/h5-7,14,18H,2-4,8-13,15-17H2,1H3,(H,24,25). The van der Waals surface area contributed by atoms with E-state index in [4.69, 9.17) is 11.6 Å². The van der Waals surface area contributed by atoms with Crippen LogP contribution in [0.15, 0.2) is 29.3 Å². The van der Waals surface area contributed by atoms with Crippen LogP contribution < -0.4 is 5.32 Å². The summed E-state index contributed by atoms with van der Waals surface area (Å²) in [6.45, 7) is 7.08. The molecule has 0 radical (unpaired) electrons. The van der Waals surface area contributed by atoms with Crippen LogP contribution in [0.5, 0.6) is 0 Å². The third-order valence-electron chi connectivity index (χ3n) is 6.64. The van der Waals surface area contributed by atoms with Crippen LogP contribution >= 0.6 is 11.6 Å². The SMILES string of the molecule is CN=C(NCC1(c2cccc(Cl)c2)CC1)N1CCC(CN2CCCCC2)C1. The molecule has 1 unspecified atom stereocenters. The van der Waals surface area contributed by atoms with Gasteiger partial charge in [-0.15, -0.1) is 0 Å². The molecular formula is C22H33ClN4. The van der Waals surface area contributed by atoms with Crippen LogP contribution in [0.4, 0.5) is 0 Å². The first-order valence-corrected chi connectivity index (χ1v) is 11.0. The van der Waals surface area contributed by atoms with Gasteiger partial charge in [-0.2, -0.15) is 0 Å². The Labute approximate surface area is 169 Å². The number of guanidine groups is 1. The van der Waals surface area contributed by atoms with E-state index < -0.39 is 0 Å². The third kappa shape index (κ3) is 4.60. The van der Waals surface area contributed by atoms with E-state index in [0.717, 1.165) is 36.5 Å². The number of likely N-dealkylation sites (tertiary alicyclic amines) is 2. The Kier molecular flexibility index (Phi) is 5.93. The molecule has 2 aliphatic heterocycles. The van der Waals surface area contributed by atoms with Gasteiger partial charge >= 0.3 is 0 Å². The summed E-state index contributed by atoms with van der Waals surface area (Å²) in [6, 6.07) is 8.37. The number of halogens is 1. The Morgan fingerprint density at radius 3 is 2.74 bits per heavy atom. The molecule has 27 heavy (non-hydrogen) atoms. The lowest BCUT2D eigenvalue weighted by Gasteiger charge is -2.29. The lowest BCUT2D eigenvalue weighted by atomic mass is 9.96. The molecule has 0 bridgehead atoms. The second-order valence-electron chi connectivity index (χ2n) is 8.65. The Hall–Kier alpha value is -1.26. The van der Waals surface area contributed by atoms with E-state index in [-0.39, 0.29) is 5.41 Å². The highest BCUT2D eigenvalue weighted by Gasteiger charge is 2.44. The molecule has 1 saturated carbocycles. The van der Waals surface area contributed by atoms with Gasteiger partial charge in [0.1, 0.15) is 0 Å². The number of benzene rings is 1. The van der Waals surface area contributed by atoms with Gasteiger partial charge in [0, 0.05) is 43.7 Å². The van der Waals surface area contributed by atoms with Gasteiger partial charge in [-0.25, -0.2) is 0 Å². The maximum Gasteiger partial charge on any atom is 0.193 e. The van der Waals surface area contributed by atoms with Crippen molar-refractivity contribution in [3.05, 3.63) is 34.9 Å². The Morgan fingerprint density at radius 1 is 1.22 bits per heavy atom. The van der Waals surface area contributed by atoms with Crippen LogP contribution in [0.25, 0.3) is 0 Å². The number of rotatable bonds is 5. The van der Waals surface area contributed by atoms with Gasteiger partial charge in [0.15, 0.2) is 5.96 Å². The maximum atomic E-state index is 6.21. The van der Waals surface area contributed by atoms with Crippen LogP contribution in [0.2, 0.25) is 5.02 Å². The van der Waals surface area contributed by atoms with Gasteiger partial charge in [-0.1, -0.05) is 30.2 Å². The summed E-state index contributed by atoms with van der Waals surface area (Å²) in [4.78, 5) is 9.72. The zero-order valence-corrected chi connectivity index (χ0v) is 17.3. The van der Waals surface area contributed by atoms with Gasteiger partial charge in [0.25, 0.3) is 0 Å². The van der Waals surface area contributed by atoms with E-state index in [9.17, 15) is 0 Å². The molecule has 1 N–H and O–H groups in total. The van der Waals surface area contributed by atoms with Crippen LogP contribution in [-0.4, -0.2) is 62.1 Å². The molecule has 0 aromatic heterocycles. The number of piperidine rings is 1. The summed E-state index contributed by atoms with van der Waals surface area (Å²) >= 11 is 6.21. The molecule has 2 heterocycles. The fraction of sp³-hybridized carbons (Fsp3) is 0.682. The first-order chi connectivity index (χ1) is 13.2. The lowest BCUT2D eigenvalue weighted by molar-refractivity contribution is 0.198. The first-order valence-electron chi connectivity index (χ1n) is 10.6.